The van der Waals surface area contributed by atoms with Crippen molar-refractivity contribution >= 4 is 58.4 Å². The number of nitrogens with zero attached hydrogens (tertiary/aromatic N) is 10. The van der Waals surface area contributed by atoms with Crippen molar-refractivity contribution in [2.45, 2.75) is 109 Å². The molecule has 11 rings (SSSR count). The maximum atomic E-state index is 15.1. The number of carbonyl (C=O) groups is 4. The highest BCUT2D eigenvalue weighted by molar-refractivity contribution is 6.30. The second-order valence-corrected chi connectivity index (χ2v) is 24.4. The number of anilines is 2. The largest absolute Gasteiger partial charge is 0.497 e. The van der Waals surface area contributed by atoms with Crippen LogP contribution in [0.5, 0.6) is 11.5 Å². The van der Waals surface area contributed by atoms with Gasteiger partial charge < -0.3 is 58.6 Å². The lowest BCUT2D eigenvalue weighted by molar-refractivity contribution is -0.135. The van der Waals surface area contributed by atoms with Crippen LogP contribution in [0.3, 0.4) is 0 Å². The van der Waals surface area contributed by atoms with Crippen LogP contribution >= 0.6 is 11.6 Å². The van der Waals surface area contributed by atoms with E-state index in [1.54, 1.807) is 44.8 Å². The van der Waals surface area contributed by atoms with E-state index in [-0.39, 0.29) is 74.4 Å². The number of aryl methyl sites for hydroxylation is 2. The smallest absolute Gasteiger partial charge is 0.326 e. The zero-order chi connectivity index (χ0) is 64.4. The number of ketones is 1. The van der Waals surface area contributed by atoms with E-state index in [4.69, 9.17) is 62.4 Å². The summed E-state index contributed by atoms with van der Waals surface area (Å²) in [5.74, 6) is 1.33. The molecule has 3 atom stereocenters. The molecule has 4 aromatic carbocycles. The van der Waals surface area contributed by atoms with Gasteiger partial charge in [0.25, 0.3) is 11.7 Å². The number of piperazine rings is 1. The number of aromatic nitrogens is 3. The highest BCUT2D eigenvalue weighted by atomic mass is 35.5. The molecular formula is C69H79ClFN11O10. The third-order valence-corrected chi connectivity index (χ3v) is 17.5. The molecule has 2 saturated heterocycles. The van der Waals surface area contributed by atoms with Crippen LogP contribution in [0.15, 0.2) is 102 Å². The average Bonchev–Trinajstić information content (AvgIpc) is 1.58. The van der Waals surface area contributed by atoms with Crippen LogP contribution in [0.4, 0.5) is 26.5 Å². The fourth-order valence-electron chi connectivity index (χ4n) is 12.5. The number of fused-ring (bicyclic) bond motifs is 8. The number of rotatable bonds is 26. The summed E-state index contributed by atoms with van der Waals surface area (Å²) in [6, 6.07) is 25.7. The minimum absolute atomic E-state index is 0.00891. The Morgan fingerprint density at radius 3 is 2.20 bits per heavy atom. The number of carbonyl (C=O) groups excluding carboxylic acids is 4. The Balaban J connectivity index is 0.594. The Hall–Kier alpha value is -8.46. The highest BCUT2D eigenvalue weighted by Gasteiger charge is 2.46. The monoisotopic (exact) mass is 1280 g/mol. The van der Waals surface area contributed by atoms with Gasteiger partial charge in [-0.2, -0.15) is 4.68 Å². The van der Waals surface area contributed by atoms with Gasteiger partial charge in [0.15, 0.2) is 0 Å². The molecule has 5 aliphatic rings. The number of hydrogen-bond donors (Lipinski definition) is 1. The van der Waals surface area contributed by atoms with Gasteiger partial charge in [-0.05, 0) is 124 Å². The zero-order valence-corrected chi connectivity index (χ0v) is 53.3. The molecule has 6 heterocycles. The van der Waals surface area contributed by atoms with Gasteiger partial charge in [0.1, 0.15) is 53.0 Å². The van der Waals surface area contributed by atoms with Crippen LogP contribution in [0.1, 0.15) is 121 Å². The Labute approximate surface area is 540 Å². The lowest BCUT2D eigenvalue weighted by atomic mass is 9.93. The first-order chi connectivity index (χ1) is 44.7. The topological polar surface area (TPSA) is 213 Å². The number of ether oxygens (including phenoxy) is 6. The molecule has 2 aromatic heterocycles. The average molecular weight is 1280 g/mol. The highest BCUT2D eigenvalue weighted by Crippen LogP contribution is 2.48. The van der Waals surface area contributed by atoms with Crippen molar-refractivity contribution in [2.75, 3.05) is 103 Å². The molecule has 92 heavy (non-hydrogen) atoms. The summed E-state index contributed by atoms with van der Waals surface area (Å²) in [5.41, 5.74) is 13.5. The predicted molar refractivity (Wildman–Crippen MR) is 346 cm³/mol. The van der Waals surface area contributed by atoms with Crippen molar-refractivity contribution in [3.8, 4) is 22.6 Å². The van der Waals surface area contributed by atoms with Gasteiger partial charge in [-0.1, -0.05) is 60.1 Å². The molecule has 2 bridgehead atoms. The molecular weight excluding hydrogens is 1200 g/mol. The minimum atomic E-state index is -0.580. The van der Waals surface area contributed by atoms with Gasteiger partial charge in [-0.3, -0.25) is 24.3 Å². The van der Waals surface area contributed by atoms with Gasteiger partial charge >= 0.3 is 6.03 Å². The second-order valence-electron chi connectivity index (χ2n) is 24.0. The van der Waals surface area contributed by atoms with Crippen molar-refractivity contribution in [1.29, 1.82) is 0 Å². The normalized spacial score (nSPS) is 18.1. The summed E-state index contributed by atoms with van der Waals surface area (Å²) in [5, 5.41) is 5.50. The lowest BCUT2D eigenvalue weighted by Crippen LogP contribution is -2.56. The molecule has 0 unspecified atom stereocenters. The van der Waals surface area contributed by atoms with Crippen LogP contribution in [-0.4, -0.2) is 169 Å². The summed E-state index contributed by atoms with van der Waals surface area (Å²) in [6.07, 6.45) is 5.56. The molecule has 21 nitrogen and oxygen atoms in total. The van der Waals surface area contributed by atoms with Gasteiger partial charge in [0, 0.05) is 73.5 Å². The number of nitrogen functional groups attached to an aromatic ring is 1. The Kier molecular flexibility index (Phi) is 21.1. The third-order valence-electron chi connectivity index (χ3n) is 17.3. The van der Waals surface area contributed by atoms with Crippen LogP contribution in [-0.2, 0) is 41.6 Å². The minimum Gasteiger partial charge on any atom is -0.497 e. The molecule has 484 valence electrons. The van der Waals surface area contributed by atoms with Crippen LogP contribution < -0.4 is 20.1 Å². The molecule has 3 fully saturated rings. The number of Topliss-reactive ketones (excluding diaryl/α,β-unsaturated/α-hetero) is 1. The number of amides is 4. The van der Waals surface area contributed by atoms with E-state index in [1.807, 2.05) is 92.4 Å². The molecule has 0 radical (unpaired) electrons. The Morgan fingerprint density at radius 1 is 0.793 bits per heavy atom. The number of hydrogen-bond acceptors (Lipinski definition) is 15. The van der Waals surface area contributed by atoms with Crippen molar-refractivity contribution in [1.82, 2.24) is 34.4 Å². The fourth-order valence-corrected chi connectivity index (χ4v) is 12.6. The van der Waals surface area contributed by atoms with E-state index in [1.165, 1.54) is 12.1 Å². The van der Waals surface area contributed by atoms with Crippen molar-refractivity contribution in [3.63, 3.8) is 0 Å². The first kappa shape index (κ1) is 65.0. The van der Waals surface area contributed by atoms with E-state index >= 15 is 4.79 Å². The predicted octanol–water partition coefficient (Wildman–Crippen LogP) is 10.7. The first-order valence-corrected chi connectivity index (χ1v) is 32.1. The molecule has 23 heteroatoms. The van der Waals surface area contributed by atoms with Gasteiger partial charge in [-0.15, -0.1) is 5.10 Å². The molecule has 1 saturated carbocycles. The molecule has 4 aliphatic heterocycles. The Bertz CT molecular complexity index is 3710. The maximum absolute atomic E-state index is 15.1. The molecule has 2 N–H and O–H groups in total. The molecule has 6 aromatic rings. The molecule has 4 amide bonds. The number of aliphatic imine (C=N–C) groups is 1. The van der Waals surface area contributed by atoms with Gasteiger partial charge in [-0.25, -0.2) is 14.2 Å². The standard InChI is InChI=1S/C69H79ClFN11O10/c1-44(2)92-60-40-53(87-5)21-23-55(60)66-75-63(46-12-10-45(3)11-13-46)64(47-14-16-49(70)17-15-47)82(66)69(86)78-28-27-77(61(84)43-78)29-31-89-33-35-91-37-36-90-34-32-88-30-24-52(83)8-6-26-81-67(73-4)62-48-38-59(65(72)74-41-48)79-25-7-9-58(79)56-39-50(71)18-22-54(56)68(85)80(51-19-20-51)42-57(62)76-81/h10-18,21-23,38-41,44,51,58,63-64H,6-9,19-20,24-37,42-43H2,1-3,5H3,(H2,72,74)/t58-,63+,64-/m1/s1. The lowest BCUT2D eigenvalue weighted by Gasteiger charge is -2.38. The van der Waals surface area contributed by atoms with Crippen LogP contribution in [0.2, 0.25) is 5.02 Å². The Morgan fingerprint density at radius 2 is 1.50 bits per heavy atom. The van der Waals surface area contributed by atoms with Crippen molar-refractivity contribution < 1.29 is 52.0 Å². The number of benzene rings is 4. The summed E-state index contributed by atoms with van der Waals surface area (Å²) in [7, 11) is 1.59. The summed E-state index contributed by atoms with van der Waals surface area (Å²) >= 11 is 6.40. The van der Waals surface area contributed by atoms with Gasteiger partial charge in [0.05, 0.1) is 102 Å². The SMILES string of the molecule is [C-]#[N+]c1c2c(nn1CCCC(=O)CCOCCOCCOCCOCCN1CCN(C(=O)N3C(c4ccc(OC)cc4OC(C)C)=N[C@@H](c4ccc(C)cc4)[C@H]3c3ccc(Cl)cc3)CC1=O)CN(C1CC1)C(=O)c1ccc(F)cc1[C@H]1CCCN1c1cc-2cnc1N. The number of halogens is 2. The van der Waals surface area contributed by atoms with Crippen molar-refractivity contribution in [3.05, 3.63) is 159 Å². The van der Waals surface area contributed by atoms with E-state index in [0.29, 0.717) is 165 Å². The number of nitrogens with two attached hydrogens (primary N) is 1. The third kappa shape index (κ3) is 15.0. The summed E-state index contributed by atoms with van der Waals surface area (Å²) in [4.78, 5) is 79.2. The maximum Gasteiger partial charge on any atom is 0.326 e. The zero-order valence-electron chi connectivity index (χ0n) is 52.6. The van der Waals surface area contributed by atoms with Crippen LogP contribution in [0.25, 0.3) is 16.0 Å². The quantitative estimate of drug-likeness (QED) is 0.0395. The second kappa shape index (κ2) is 29.9. The van der Waals surface area contributed by atoms with E-state index in [9.17, 15) is 18.8 Å². The van der Waals surface area contributed by atoms with Gasteiger partial charge in [0.2, 0.25) is 5.91 Å². The number of urea groups is 1. The number of pyridine rings is 1. The summed E-state index contributed by atoms with van der Waals surface area (Å²) < 4.78 is 51.4. The van der Waals surface area contributed by atoms with E-state index < -0.39 is 17.9 Å². The first-order valence-electron chi connectivity index (χ1n) is 31.7. The van der Waals surface area contributed by atoms with E-state index in [0.717, 1.165) is 36.0 Å². The van der Waals surface area contributed by atoms with Crippen LogP contribution in [0, 0.1) is 19.3 Å². The summed E-state index contributed by atoms with van der Waals surface area (Å²) in [6.45, 7) is 18.6. The fraction of sp³-hybridized carbons (Fsp3) is 0.449. The number of methoxy groups -OCH3 is 1. The molecule has 1 aliphatic carbocycles. The molecule has 0 spiro atoms. The number of amidine groups is 1. The van der Waals surface area contributed by atoms with Crippen molar-refractivity contribution in [2.24, 2.45) is 4.99 Å². The van der Waals surface area contributed by atoms with E-state index in [2.05, 4.69) is 14.7 Å².